The van der Waals surface area contributed by atoms with Crippen molar-refractivity contribution >= 4 is 17.9 Å². The molecular weight excluding hydrogens is 567 g/mol. The van der Waals surface area contributed by atoms with Crippen molar-refractivity contribution in [2.45, 2.75) is 20.1 Å². The van der Waals surface area contributed by atoms with Crippen molar-refractivity contribution in [3.05, 3.63) is 155 Å². The van der Waals surface area contributed by atoms with Gasteiger partial charge in [-0.05, 0) is 78.2 Å². The van der Waals surface area contributed by atoms with Crippen LogP contribution in [0.5, 0.6) is 5.75 Å². The number of nitriles is 1. The molecule has 220 valence electrons. The zero-order valence-corrected chi connectivity index (χ0v) is 24.4. The molecule has 2 amide bonds. The van der Waals surface area contributed by atoms with E-state index in [0.29, 0.717) is 22.6 Å². The van der Waals surface area contributed by atoms with Gasteiger partial charge in [0.15, 0.2) is 0 Å². The van der Waals surface area contributed by atoms with Crippen molar-refractivity contribution in [3.63, 3.8) is 0 Å². The molecule has 0 radical (unpaired) electrons. The van der Waals surface area contributed by atoms with E-state index in [4.69, 9.17) is 9.84 Å². The average molecular weight is 595 g/mol. The van der Waals surface area contributed by atoms with Crippen LogP contribution in [0.25, 0.3) is 23.0 Å². The van der Waals surface area contributed by atoms with E-state index in [9.17, 15) is 19.2 Å². The average Bonchev–Trinajstić information content (AvgIpc) is 3.50. The normalized spacial score (nSPS) is 14.2. The number of amides is 2. The number of carbonyl (C=O) groups is 2. The summed E-state index contributed by atoms with van der Waals surface area (Å²) in [4.78, 5) is 28.1. The molecule has 0 N–H and O–H groups in total. The Morgan fingerprint density at radius 3 is 2.18 bits per heavy atom. The largest absolute Gasteiger partial charge is 0.489 e. The molecule has 0 saturated carbocycles. The Balaban J connectivity index is 1.38. The lowest BCUT2D eigenvalue weighted by molar-refractivity contribution is -0.141. The Bertz CT molecular complexity index is 1970. The molecule has 0 atom stereocenters. The zero-order chi connectivity index (χ0) is 31.3. The maximum Gasteiger partial charge on any atom is 0.271 e. The quantitative estimate of drug-likeness (QED) is 0.142. The molecule has 0 bridgehead atoms. The van der Waals surface area contributed by atoms with Crippen LogP contribution in [-0.2, 0) is 22.7 Å². The van der Waals surface area contributed by atoms with Gasteiger partial charge in [0.1, 0.15) is 29.8 Å². The summed E-state index contributed by atoms with van der Waals surface area (Å²) < 4.78 is 20.9. The van der Waals surface area contributed by atoms with E-state index in [-0.39, 0.29) is 30.1 Å². The highest BCUT2D eigenvalue weighted by atomic mass is 19.1. The molecule has 1 aromatic heterocycles. The number of hydrogen-bond acceptors (Lipinski definition) is 5. The van der Waals surface area contributed by atoms with Crippen molar-refractivity contribution < 1.29 is 18.7 Å². The summed E-state index contributed by atoms with van der Waals surface area (Å²) >= 11 is 0. The summed E-state index contributed by atoms with van der Waals surface area (Å²) in [5.41, 5.74) is 4.93. The van der Waals surface area contributed by atoms with Crippen LogP contribution in [0, 0.1) is 17.1 Å². The first-order valence-corrected chi connectivity index (χ1v) is 14.3. The number of rotatable bonds is 8. The SMILES string of the molecule is CC1=C(C#N)C(=O)N(Cc2ccccc2)C(=O)/C1=C/c1cn(-c2ccccc2)nc1-c1ccc(OCc2ccc(F)cc2)cc1. The van der Waals surface area contributed by atoms with Gasteiger partial charge in [-0.1, -0.05) is 60.7 Å². The number of benzene rings is 4. The minimum absolute atomic E-state index is 0.0455. The second-order valence-corrected chi connectivity index (χ2v) is 10.5. The van der Waals surface area contributed by atoms with Gasteiger partial charge in [0.2, 0.25) is 0 Å². The molecule has 2 heterocycles. The fourth-order valence-electron chi connectivity index (χ4n) is 5.08. The molecule has 6 rings (SSSR count). The minimum atomic E-state index is -0.613. The lowest BCUT2D eigenvalue weighted by Gasteiger charge is -2.27. The lowest BCUT2D eigenvalue weighted by atomic mass is 9.93. The van der Waals surface area contributed by atoms with Crippen molar-refractivity contribution in [3.8, 4) is 28.8 Å². The summed E-state index contributed by atoms with van der Waals surface area (Å²) in [6.07, 6.45) is 3.52. The summed E-state index contributed by atoms with van der Waals surface area (Å²) in [6.45, 7) is 1.95. The van der Waals surface area contributed by atoms with E-state index in [1.807, 2.05) is 97.2 Å². The Morgan fingerprint density at radius 2 is 1.51 bits per heavy atom. The van der Waals surface area contributed by atoms with Crippen LogP contribution in [0.1, 0.15) is 23.6 Å². The van der Waals surface area contributed by atoms with E-state index < -0.39 is 11.8 Å². The third-order valence-corrected chi connectivity index (χ3v) is 7.52. The number of nitrogens with zero attached hydrogens (tertiary/aromatic N) is 4. The molecule has 0 saturated heterocycles. The second kappa shape index (κ2) is 12.7. The van der Waals surface area contributed by atoms with Gasteiger partial charge in [-0.2, -0.15) is 10.4 Å². The maximum absolute atomic E-state index is 13.8. The molecule has 1 aliphatic heterocycles. The number of aromatic nitrogens is 2. The Labute approximate surface area is 259 Å². The molecule has 1 aliphatic rings. The van der Waals surface area contributed by atoms with Gasteiger partial charge < -0.3 is 4.74 Å². The fourth-order valence-corrected chi connectivity index (χ4v) is 5.08. The molecule has 0 aliphatic carbocycles. The first kappa shape index (κ1) is 29.0. The molecule has 4 aromatic carbocycles. The van der Waals surface area contributed by atoms with Gasteiger partial charge in [-0.3, -0.25) is 14.5 Å². The Kier molecular flexibility index (Phi) is 8.16. The first-order valence-electron chi connectivity index (χ1n) is 14.3. The van der Waals surface area contributed by atoms with E-state index >= 15 is 0 Å². The maximum atomic E-state index is 13.8. The predicted octanol–water partition coefficient (Wildman–Crippen LogP) is 7.05. The van der Waals surface area contributed by atoms with Crippen LogP contribution in [0.15, 0.2) is 132 Å². The summed E-state index contributed by atoms with van der Waals surface area (Å²) in [7, 11) is 0. The Morgan fingerprint density at radius 1 is 0.844 bits per heavy atom. The summed E-state index contributed by atoms with van der Waals surface area (Å²) in [5, 5.41) is 14.7. The number of carbonyl (C=O) groups excluding carboxylic acids is 2. The highest BCUT2D eigenvalue weighted by Gasteiger charge is 2.35. The number of hydrogen-bond donors (Lipinski definition) is 0. The molecule has 0 fully saturated rings. The van der Waals surface area contributed by atoms with Crippen LogP contribution in [0.3, 0.4) is 0 Å². The van der Waals surface area contributed by atoms with Crippen molar-refractivity contribution in [1.82, 2.24) is 14.7 Å². The molecule has 5 aromatic rings. The number of imide groups is 1. The van der Waals surface area contributed by atoms with Crippen molar-refractivity contribution in [2.24, 2.45) is 0 Å². The minimum Gasteiger partial charge on any atom is -0.489 e. The zero-order valence-electron chi connectivity index (χ0n) is 24.4. The van der Waals surface area contributed by atoms with Crippen LogP contribution in [0.4, 0.5) is 4.39 Å². The van der Waals surface area contributed by atoms with E-state index in [0.717, 1.165) is 27.3 Å². The van der Waals surface area contributed by atoms with Crippen LogP contribution in [-0.4, -0.2) is 26.5 Å². The number of ether oxygens (including phenoxy) is 1. The van der Waals surface area contributed by atoms with Gasteiger partial charge in [0.05, 0.1) is 17.9 Å². The van der Waals surface area contributed by atoms with Crippen LogP contribution in [0.2, 0.25) is 0 Å². The molecule has 7 nitrogen and oxygen atoms in total. The molecule has 0 spiro atoms. The van der Waals surface area contributed by atoms with E-state index in [1.165, 1.54) is 12.1 Å². The molecule has 0 unspecified atom stereocenters. The topological polar surface area (TPSA) is 88.2 Å². The molecule has 8 heteroatoms. The number of para-hydroxylation sites is 1. The smallest absolute Gasteiger partial charge is 0.271 e. The number of halogens is 1. The highest BCUT2D eigenvalue weighted by molar-refractivity contribution is 6.19. The van der Waals surface area contributed by atoms with Gasteiger partial charge in [-0.25, -0.2) is 9.07 Å². The van der Waals surface area contributed by atoms with Gasteiger partial charge in [0.25, 0.3) is 11.8 Å². The second-order valence-electron chi connectivity index (χ2n) is 10.5. The third kappa shape index (κ3) is 6.19. The summed E-state index contributed by atoms with van der Waals surface area (Å²) in [5.74, 6) is -0.773. The molecular formula is C37H27FN4O3. The summed E-state index contributed by atoms with van der Waals surface area (Å²) in [6, 6.07) is 34.3. The van der Waals surface area contributed by atoms with Gasteiger partial charge >= 0.3 is 0 Å². The third-order valence-electron chi connectivity index (χ3n) is 7.52. The van der Waals surface area contributed by atoms with Gasteiger partial charge in [0, 0.05) is 22.9 Å². The fraction of sp³-hybridized carbons (Fsp3) is 0.0811. The lowest BCUT2D eigenvalue weighted by Crippen LogP contribution is -2.42. The van der Waals surface area contributed by atoms with Gasteiger partial charge in [-0.15, -0.1) is 0 Å². The first-order chi connectivity index (χ1) is 21.9. The van der Waals surface area contributed by atoms with E-state index in [1.54, 1.807) is 29.8 Å². The molecule has 45 heavy (non-hydrogen) atoms. The monoisotopic (exact) mass is 594 g/mol. The Hall–Kier alpha value is -6.07. The standard InChI is InChI=1S/C37H27FN4O3/c1-25-33(36(43)41(37(44)34(25)21-39)22-26-8-4-2-5-9-26)20-29-23-42(31-10-6-3-7-11-31)40-35(29)28-14-18-32(19-15-28)45-24-27-12-16-30(38)17-13-27/h2-20,23H,22,24H2,1H3/b33-20+. The van der Waals surface area contributed by atoms with Crippen LogP contribution < -0.4 is 4.74 Å². The highest BCUT2D eigenvalue weighted by Crippen LogP contribution is 2.32. The van der Waals surface area contributed by atoms with E-state index in [2.05, 4.69) is 0 Å². The van der Waals surface area contributed by atoms with Crippen LogP contribution >= 0.6 is 0 Å². The van der Waals surface area contributed by atoms with Crippen molar-refractivity contribution in [2.75, 3.05) is 0 Å². The predicted molar refractivity (Wildman–Crippen MR) is 168 cm³/mol. The van der Waals surface area contributed by atoms with Crippen molar-refractivity contribution in [1.29, 1.82) is 5.26 Å².